The van der Waals surface area contributed by atoms with Gasteiger partial charge in [0.15, 0.2) is 0 Å². The van der Waals surface area contributed by atoms with Crippen molar-refractivity contribution in [1.29, 1.82) is 5.41 Å². The number of hydrogen-bond donors (Lipinski definition) is 2. The van der Waals surface area contributed by atoms with Crippen LogP contribution in [0.2, 0.25) is 0 Å². The lowest BCUT2D eigenvalue weighted by Gasteiger charge is -2.24. The van der Waals surface area contributed by atoms with E-state index in [4.69, 9.17) is 11.1 Å². The Balaban J connectivity index is 2.56. The van der Waals surface area contributed by atoms with Crippen molar-refractivity contribution in [1.82, 2.24) is 4.90 Å². The van der Waals surface area contributed by atoms with Gasteiger partial charge in [0.1, 0.15) is 5.84 Å². The molecule has 4 nitrogen and oxygen atoms in total. The Morgan fingerprint density at radius 3 is 2.11 bits per heavy atom. The van der Waals surface area contributed by atoms with Crippen LogP contribution in [-0.4, -0.2) is 44.0 Å². The molecule has 0 atom stereocenters. The molecular weight excluding hydrogens is 224 g/mol. The monoisotopic (exact) mass is 248 g/mol. The summed E-state index contributed by atoms with van der Waals surface area (Å²) in [5, 5.41) is 7.36. The third kappa shape index (κ3) is 4.04. The van der Waals surface area contributed by atoms with Gasteiger partial charge in [0.25, 0.3) is 0 Å². The fourth-order valence-corrected chi connectivity index (χ4v) is 1.86. The predicted molar refractivity (Wildman–Crippen MR) is 78.5 cm³/mol. The summed E-state index contributed by atoms with van der Waals surface area (Å²) >= 11 is 0. The summed E-state index contributed by atoms with van der Waals surface area (Å²) in [5.74, 6) is 0.118. The van der Waals surface area contributed by atoms with Gasteiger partial charge in [-0.1, -0.05) is 13.8 Å². The normalized spacial score (nSPS) is 10.7. The second-order valence-electron chi connectivity index (χ2n) is 4.41. The highest BCUT2D eigenvalue weighted by molar-refractivity contribution is 5.95. The molecule has 0 amide bonds. The zero-order chi connectivity index (χ0) is 13.5. The maximum Gasteiger partial charge on any atom is 0.122 e. The van der Waals surface area contributed by atoms with Crippen LogP contribution in [0.4, 0.5) is 5.69 Å². The average Bonchev–Trinajstić information content (AvgIpc) is 2.39. The quantitative estimate of drug-likeness (QED) is 0.571. The summed E-state index contributed by atoms with van der Waals surface area (Å²) in [6.07, 6.45) is 0. The van der Waals surface area contributed by atoms with Gasteiger partial charge in [0.2, 0.25) is 0 Å². The van der Waals surface area contributed by atoms with Crippen molar-refractivity contribution in [3.63, 3.8) is 0 Å². The number of anilines is 1. The molecule has 100 valence electrons. The van der Waals surface area contributed by atoms with Gasteiger partial charge in [-0.15, -0.1) is 0 Å². The number of benzene rings is 1. The molecule has 0 heterocycles. The lowest BCUT2D eigenvalue weighted by atomic mass is 10.2. The highest BCUT2D eigenvalue weighted by Crippen LogP contribution is 2.13. The van der Waals surface area contributed by atoms with E-state index in [1.54, 1.807) is 0 Å². The first-order valence-corrected chi connectivity index (χ1v) is 6.46. The first kappa shape index (κ1) is 14.5. The van der Waals surface area contributed by atoms with Gasteiger partial charge in [-0.25, -0.2) is 0 Å². The molecule has 0 bridgehead atoms. The number of amidine groups is 1. The Morgan fingerprint density at radius 2 is 1.67 bits per heavy atom. The maximum atomic E-state index is 7.36. The SMILES string of the molecule is CCN(CC)CCN(C)c1ccc(C(=N)N)cc1. The highest BCUT2D eigenvalue weighted by Gasteiger charge is 2.04. The van der Waals surface area contributed by atoms with Crippen LogP contribution in [0.3, 0.4) is 0 Å². The number of nitrogen functional groups attached to an aromatic ring is 1. The van der Waals surface area contributed by atoms with E-state index in [0.29, 0.717) is 0 Å². The van der Waals surface area contributed by atoms with E-state index < -0.39 is 0 Å². The molecule has 0 aromatic heterocycles. The van der Waals surface area contributed by atoms with Crippen LogP contribution in [0.15, 0.2) is 24.3 Å². The molecule has 0 aliphatic rings. The second kappa shape index (κ2) is 7.01. The van der Waals surface area contributed by atoms with E-state index in [1.807, 2.05) is 24.3 Å². The lowest BCUT2D eigenvalue weighted by molar-refractivity contribution is 0.311. The predicted octanol–water partition coefficient (Wildman–Crippen LogP) is 1.75. The molecule has 4 heteroatoms. The highest BCUT2D eigenvalue weighted by atomic mass is 15.2. The molecule has 1 aromatic rings. The summed E-state index contributed by atoms with van der Waals surface area (Å²) < 4.78 is 0. The minimum atomic E-state index is 0.118. The van der Waals surface area contributed by atoms with Crippen molar-refractivity contribution in [2.45, 2.75) is 13.8 Å². The van der Waals surface area contributed by atoms with E-state index in [2.05, 4.69) is 30.7 Å². The number of rotatable bonds is 7. The summed E-state index contributed by atoms with van der Waals surface area (Å²) in [6.45, 7) is 8.62. The molecule has 1 aromatic carbocycles. The van der Waals surface area contributed by atoms with Crippen molar-refractivity contribution in [2.24, 2.45) is 5.73 Å². The summed E-state index contributed by atoms with van der Waals surface area (Å²) in [4.78, 5) is 4.63. The van der Waals surface area contributed by atoms with Gasteiger partial charge in [0, 0.05) is 31.4 Å². The number of likely N-dealkylation sites (N-methyl/N-ethyl adjacent to an activating group) is 2. The Morgan fingerprint density at radius 1 is 1.11 bits per heavy atom. The summed E-state index contributed by atoms with van der Waals surface area (Å²) in [5.41, 5.74) is 7.37. The summed E-state index contributed by atoms with van der Waals surface area (Å²) in [7, 11) is 2.09. The first-order valence-electron chi connectivity index (χ1n) is 6.46. The van der Waals surface area contributed by atoms with Crippen molar-refractivity contribution < 1.29 is 0 Å². The zero-order valence-electron chi connectivity index (χ0n) is 11.6. The first-order chi connectivity index (χ1) is 8.58. The second-order valence-corrected chi connectivity index (χ2v) is 4.41. The number of nitrogens with zero attached hydrogens (tertiary/aromatic N) is 2. The minimum absolute atomic E-state index is 0.118. The fourth-order valence-electron chi connectivity index (χ4n) is 1.86. The molecule has 0 saturated carbocycles. The van der Waals surface area contributed by atoms with Gasteiger partial charge in [-0.2, -0.15) is 0 Å². The Kier molecular flexibility index (Phi) is 5.65. The molecule has 0 aliphatic heterocycles. The lowest BCUT2D eigenvalue weighted by Crippen LogP contribution is -2.33. The maximum absolute atomic E-state index is 7.36. The van der Waals surface area contributed by atoms with Crippen LogP contribution >= 0.6 is 0 Å². The molecule has 0 unspecified atom stereocenters. The summed E-state index contributed by atoms with van der Waals surface area (Å²) in [6, 6.07) is 7.81. The zero-order valence-corrected chi connectivity index (χ0v) is 11.6. The third-order valence-corrected chi connectivity index (χ3v) is 3.27. The molecule has 1 rings (SSSR count). The van der Waals surface area contributed by atoms with Crippen LogP contribution in [0, 0.1) is 5.41 Å². The third-order valence-electron chi connectivity index (χ3n) is 3.27. The molecule has 0 saturated heterocycles. The van der Waals surface area contributed by atoms with Crippen molar-refractivity contribution in [3.05, 3.63) is 29.8 Å². The molecule has 0 spiro atoms. The van der Waals surface area contributed by atoms with E-state index in [9.17, 15) is 0 Å². The van der Waals surface area contributed by atoms with Crippen molar-refractivity contribution >= 4 is 11.5 Å². The topological polar surface area (TPSA) is 56.4 Å². The van der Waals surface area contributed by atoms with Crippen molar-refractivity contribution in [3.8, 4) is 0 Å². The van der Waals surface area contributed by atoms with Crippen LogP contribution in [0.25, 0.3) is 0 Å². The molecule has 0 aliphatic carbocycles. The van der Waals surface area contributed by atoms with E-state index in [0.717, 1.165) is 37.4 Å². The Labute approximate surface area is 110 Å². The van der Waals surface area contributed by atoms with Crippen LogP contribution in [-0.2, 0) is 0 Å². The number of nitrogens with one attached hydrogen (secondary N) is 1. The molecule has 3 N–H and O–H groups in total. The number of hydrogen-bond acceptors (Lipinski definition) is 3. The van der Waals surface area contributed by atoms with Gasteiger partial charge >= 0.3 is 0 Å². The van der Waals surface area contributed by atoms with Gasteiger partial charge < -0.3 is 15.5 Å². The van der Waals surface area contributed by atoms with Crippen LogP contribution in [0.5, 0.6) is 0 Å². The largest absolute Gasteiger partial charge is 0.384 e. The van der Waals surface area contributed by atoms with E-state index in [1.165, 1.54) is 0 Å². The van der Waals surface area contributed by atoms with Gasteiger partial charge in [-0.3, -0.25) is 5.41 Å². The van der Waals surface area contributed by atoms with Crippen molar-refractivity contribution in [2.75, 3.05) is 38.1 Å². The van der Waals surface area contributed by atoms with Gasteiger partial charge in [0.05, 0.1) is 0 Å². The van der Waals surface area contributed by atoms with E-state index in [-0.39, 0.29) is 5.84 Å². The minimum Gasteiger partial charge on any atom is -0.384 e. The average molecular weight is 248 g/mol. The molecule has 0 radical (unpaired) electrons. The Bertz CT molecular complexity index is 368. The fraction of sp³-hybridized carbons (Fsp3) is 0.500. The number of nitrogens with two attached hydrogens (primary N) is 1. The Hall–Kier alpha value is -1.55. The van der Waals surface area contributed by atoms with E-state index >= 15 is 0 Å². The molecular formula is C14H24N4. The van der Waals surface area contributed by atoms with Crippen LogP contribution < -0.4 is 10.6 Å². The van der Waals surface area contributed by atoms with Crippen LogP contribution in [0.1, 0.15) is 19.4 Å². The smallest absolute Gasteiger partial charge is 0.122 e. The standard InChI is InChI=1S/C14H24N4/c1-4-18(5-2)11-10-17(3)13-8-6-12(7-9-13)14(15)16/h6-9H,4-5,10-11H2,1-3H3,(H3,15,16). The molecule has 18 heavy (non-hydrogen) atoms. The van der Waals surface area contributed by atoms with Gasteiger partial charge in [-0.05, 0) is 37.4 Å². The molecule has 0 fully saturated rings.